The smallest absolute Gasteiger partial charge is 0.340 e. The Kier molecular flexibility index (Phi) is 7.77. The van der Waals surface area contributed by atoms with Gasteiger partial charge in [0.1, 0.15) is 5.75 Å². The molecule has 1 heterocycles. The summed E-state index contributed by atoms with van der Waals surface area (Å²) in [5.74, 6) is 1.11. The number of amides is 1. The predicted octanol–water partition coefficient (Wildman–Crippen LogP) is 4.02. The number of benzene rings is 2. The standard InChI is InChI=1S/C26H29NO6/c1-6-33-21-10-8-7-9-19(21)16-20-24(26(29)32-5)17(2)27(25(20)28)14-13-18-11-12-22(30-3)23(15-18)31-4/h7-12,15-16H,6,13-14H2,1-5H3/b20-16-. The molecule has 0 N–H and O–H groups in total. The van der Waals surface area contributed by atoms with E-state index < -0.39 is 5.97 Å². The van der Waals surface area contributed by atoms with E-state index in [9.17, 15) is 9.59 Å². The van der Waals surface area contributed by atoms with Crippen molar-refractivity contribution in [3.8, 4) is 17.2 Å². The summed E-state index contributed by atoms with van der Waals surface area (Å²) in [7, 11) is 4.48. The van der Waals surface area contributed by atoms with E-state index in [4.69, 9.17) is 18.9 Å². The summed E-state index contributed by atoms with van der Waals surface area (Å²) in [5.41, 5.74) is 2.82. The summed E-state index contributed by atoms with van der Waals surface area (Å²) in [6, 6.07) is 13.0. The van der Waals surface area contributed by atoms with Crippen LogP contribution in [0.3, 0.4) is 0 Å². The molecule has 0 unspecified atom stereocenters. The Labute approximate surface area is 194 Å². The minimum atomic E-state index is -0.547. The minimum absolute atomic E-state index is 0.250. The lowest BCUT2D eigenvalue weighted by molar-refractivity contribution is -0.136. The molecular formula is C26H29NO6. The molecule has 0 spiro atoms. The van der Waals surface area contributed by atoms with Gasteiger partial charge in [-0.2, -0.15) is 0 Å². The third-order valence-electron chi connectivity index (χ3n) is 5.49. The van der Waals surface area contributed by atoms with Gasteiger partial charge in [0.25, 0.3) is 5.91 Å². The Morgan fingerprint density at radius 3 is 2.39 bits per heavy atom. The van der Waals surface area contributed by atoms with E-state index in [-0.39, 0.29) is 11.5 Å². The molecule has 0 fully saturated rings. The van der Waals surface area contributed by atoms with E-state index in [0.717, 1.165) is 11.1 Å². The summed E-state index contributed by atoms with van der Waals surface area (Å²) < 4.78 is 21.3. The third kappa shape index (κ3) is 5.03. The number of carbonyl (C=O) groups excluding carboxylic acids is 2. The van der Waals surface area contributed by atoms with Crippen molar-refractivity contribution in [1.29, 1.82) is 0 Å². The van der Waals surface area contributed by atoms with Crippen LogP contribution in [0.4, 0.5) is 0 Å². The molecule has 7 heteroatoms. The number of methoxy groups -OCH3 is 3. The van der Waals surface area contributed by atoms with Gasteiger partial charge in [0, 0.05) is 17.8 Å². The lowest BCUT2D eigenvalue weighted by atomic mass is 10.0. The van der Waals surface area contributed by atoms with E-state index in [1.54, 1.807) is 32.1 Å². The quantitative estimate of drug-likeness (QED) is 0.424. The average molecular weight is 452 g/mol. The highest BCUT2D eigenvalue weighted by atomic mass is 16.5. The predicted molar refractivity (Wildman–Crippen MR) is 125 cm³/mol. The van der Waals surface area contributed by atoms with Crippen LogP contribution in [-0.2, 0) is 20.7 Å². The molecule has 33 heavy (non-hydrogen) atoms. The van der Waals surface area contributed by atoms with Gasteiger partial charge in [-0.05, 0) is 50.1 Å². The van der Waals surface area contributed by atoms with Gasteiger partial charge in [-0.3, -0.25) is 4.79 Å². The second kappa shape index (κ2) is 10.7. The Balaban J connectivity index is 1.93. The summed E-state index contributed by atoms with van der Waals surface area (Å²) in [6.07, 6.45) is 2.26. The lowest BCUT2D eigenvalue weighted by Crippen LogP contribution is -2.27. The molecule has 0 atom stereocenters. The van der Waals surface area contributed by atoms with Gasteiger partial charge in [-0.25, -0.2) is 4.79 Å². The maximum atomic E-state index is 13.4. The molecule has 174 valence electrons. The van der Waals surface area contributed by atoms with Crippen molar-refractivity contribution in [2.24, 2.45) is 0 Å². The fourth-order valence-electron chi connectivity index (χ4n) is 3.82. The highest BCUT2D eigenvalue weighted by molar-refractivity contribution is 6.16. The van der Waals surface area contributed by atoms with Crippen LogP contribution < -0.4 is 14.2 Å². The van der Waals surface area contributed by atoms with E-state index in [0.29, 0.717) is 48.1 Å². The first kappa shape index (κ1) is 23.9. The van der Waals surface area contributed by atoms with Crippen LogP contribution in [0.5, 0.6) is 17.2 Å². The van der Waals surface area contributed by atoms with Crippen LogP contribution >= 0.6 is 0 Å². The Hall–Kier alpha value is -3.74. The van der Waals surface area contributed by atoms with E-state index in [2.05, 4.69) is 0 Å². The van der Waals surface area contributed by atoms with Crippen molar-refractivity contribution in [1.82, 2.24) is 4.90 Å². The van der Waals surface area contributed by atoms with Gasteiger partial charge < -0.3 is 23.8 Å². The van der Waals surface area contributed by atoms with Gasteiger partial charge in [0.15, 0.2) is 11.5 Å². The number of nitrogens with zero attached hydrogens (tertiary/aromatic N) is 1. The number of esters is 1. The van der Waals surface area contributed by atoms with Gasteiger partial charge in [0.2, 0.25) is 0 Å². The molecule has 0 saturated carbocycles. The highest BCUT2D eigenvalue weighted by Gasteiger charge is 2.37. The van der Waals surface area contributed by atoms with Crippen molar-refractivity contribution in [3.05, 3.63) is 70.4 Å². The largest absolute Gasteiger partial charge is 0.493 e. The second-order valence-corrected chi connectivity index (χ2v) is 7.38. The zero-order chi connectivity index (χ0) is 24.0. The Morgan fingerprint density at radius 2 is 1.73 bits per heavy atom. The zero-order valence-corrected chi connectivity index (χ0v) is 19.6. The molecule has 0 saturated heterocycles. The van der Waals surface area contributed by atoms with Crippen molar-refractivity contribution >= 4 is 18.0 Å². The van der Waals surface area contributed by atoms with Gasteiger partial charge in [0.05, 0.1) is 39.1 Å². The second-order valence-electron chi connectivity index (χ2n) is 7.38. The van der Waals surface area contributed by atoms with Gasteiger partial charge in [-0.15, -0.1) is 0 Å². The third-order valence-corrected chi connectivity index (χ3v) is 5.49. The normalized spacial score (nSPS) is 14.6. The van der Waals surface area contributed by atoms with Crippen LogP contribution in [0, 0.1) is 0 Å². The number of carbonyl (C=O) groups is 2. The molecule has 2 aromatic carbocycles. The van der Waals surface area contributed by atoms with E-state index >= 15 is 0 Å². The van der Waals surface area contributed by atoms with E-state index in [1.807, 2.05) is 49.4 Å². The zero-order valence-electron chi connectivity index (χ0n) is 19.6. The molecular weight excluding hydrogens is 422 g/mol. The van der Waals surface area contributed by atoms with Crippen molar-refractivity contribution in [2.75, 3.05) is 34.5 Å². The molecule has 0 radical (unpaired) electrons. The SMILES string of the molecule is CCOc1ccccc1/C=C1\C(=O)N(CCc2ccc(OC)c(OC)c2)C(C)=C1C(=O)OC. The molecule has 1 aliphatic heterocycles. The fourth-order valence-corrected chi connectivity index (χ4v) is 3.82. The average Bonchev–Trinajstić information content (AvgIpc) is 3.07. The van der Waals surface area contributed by atoms with Crippen LogP contribution in [-0.4, -0.2) is 51.3 Å². The molecule has 0 bridgehead atoms. The molecule has 1 amide bonds. The summed E-state index contributed by atoms with van der Waals surface area (Å²) >= 11 is 0. The maximum Gasteiger partial charge on any atom is 0.340 e. The number of allylic oxidation sites excluding steroid dienone is 1. The monoisotopic (exact) mass is 451 g/mol. The van der Waals surface area contributed by atoms with Crippen molar-refractivity contribution in [3.63, 3.8) is 0 Å². The number of ether oxygens (including phenoxy) is 4. The summed E-state index contributed by atoms with van der Waals surface area (Å²) in [4.78, 5) is 27.6. The summed E-state index contributed by atoms with van der Waals surface area (Å²) in [6.45, 7) is 4.54. The lowest BCUT2D eigenvalue weighted by Gasteiger charge is -2.18. The van der Waals surface area contributed by atoms with E-state index in [1.165, 1.54) is 7.11 Å². The Morgan fingerprint density at radius 1 is 1.00 bits per heavy atom. The van der Waals surface area contributed by atoms with Crippen LogP contribution in [0.25, 0.3) is 6.08 Å². The van der Waals surface area contributed by atoms with Crippen LogP contribution in [0.15, 0.2) is 59.3 Å². The van der Waals surface area contributed by atoms with Crippen LogP contribution in [0.2, 0.25) is 0 Å². The first-order valence-corrected chi connectivity index (χ1v) is 10.7. The minimum Gasteiger partial charge on any atom is -0.493 e. The summed E-state index contributed by atoms with van der Waals surface area (Å²) in [5, 5.41) is 0. The van der Waals surface area contributed by atoms with Gasteiger partial charge in [-0.1, -0.05) is 24.3 Å². The number of para-hydroxylation sites is 1. The fraction of sp³-hybridized carbons (Fsp3) is 0.308. The van der Waals surface area contributed by atoms with Gasteiger partial charge >= 0.3 is 5.97 Å². The molecule has 2 aromatic rings. The Bertz CT molecular complexity index is 1100. The molecule has 3 rings (SSSR count). The first-order chi connectivity index (χ1) is 15.9. The van der Waals surface area contributed by atoms with Crippen molar-refractivity contribution in [2.45, 2.75) is 20.3 Å². The van der Waals surface area contributed by atoms with Crippen molar-refractivity contribution < 1.29 is 28.5 Å². The van der Waals surface area contributed by atoms with Crippen LogP contribution in [0.1, 0.15) is 25.0 Å². The number of hydrogen-bond acceptors (Lipinski definition) is 6. The number of hydrogen-bond donors (Lipinski definition) is 0. The molecule has 7 nitrogen and oxygen atoms in total. The molecule has 0 aliphatic carbocycles. The molecule has 1 aliphatic rings. The highest BCUT2D eigenvalue weighted by Crippen LogP contribution is 2.34. The topological polar surface area (TPSA) is 74.3 Å². The molecule has 0 aromatic heterocycles. The first-order valence-electron chi connectivity index (χ1n) is 10.7. The maximum absolute atomic E-state index is 13.4. The number of rotatable bonds is 9.